The van der Waals surface area contributed by atoms with E-state index in [1.165, 1.54) is 22.7 Å². The molecule has 3 atom stereocenters. The Labute approximate surface area is 215 Å². The van der Waals surface area contributed by atoms with Gasteiger partial charge in [0.15, 0.2) is 6.10 Å². The second-order valence-electron chi connectivity index (χ2n) is 10.0. The second-order valence-corrected chi connectivity index (χ2v) is 11.6. The van der Waals surface area contributed by atoms with E-state index in [0.717, 1.165) is 18.4 Å². The number of phenols is 1. The lowest BCUT2D eigenvalue weighted by Gasteiger charge is -2.33. The molecule has 2 aromatic rings. The zero-order valence-corrected chi connectivity index (χ0v) is 21.5. The van der Waals surface area contributed by atoms with Crippen molar-refractivity contribution in [1.82, 2.24) is 15.5 Å². The van der Waals surface area contributed by atoms with E-state index in [1.807, 2.05) is 44.2 Å². The number of aliphatic hydroxyl groups is 1. The first kappa shape index (κ1) is 26.0. The number of rotatable bonds is 8. The van der Waals surface area contributed by atoms with Crippen molar-refractivity contribution in [1.29, 1.82) is 0 Å². The number of nitrogens with zero attached hydrogens (tertiary/aromatic N) is 1. The highest BCUT2D eigenvalue weighted by atomic mass is 32.2. The van der Waals surface area contributed by atoms with Crippen molar-refractivity contribution < 1.29 is 24.6 Å². The fraction of sp³-hybridized carbons (Fsp3) is 0.444. The number of carbonyl (C=O) groups is 3. The summed E-state index contributed by atoms with van der Waals surface area (Å²) in [6.07, 6.45) is 0.503. The molecule has 8 nitrogen and oxygen atoms in total. The molecule has 2 fully saturated rings. The van der Waals surface area contributed by atoms with E-state index >= 15 is 0 Å². The van der Waals surface area contributed by atoms with Gasteiger partial charge in [0.1, 0.15) is 11.8 Å². The molecule has 1 saturated carbocycles. The summed E-state index contributed by atoms with van der Waals surface area (Å²) in [6.45, 7) is 5.47. The Morgan fingerprint density at radius 3 is 2.47 bits per heavy atom. The van der Waals surface area contributed by atoms with Crippen LogP contribution in [0.2, 0.25) is 0 Å². The van der Waals surface area contributed by atoms with Gasteiger partial charge in [-0.1, -0.05) is 36.4 Å². The van der Waals surface area contributed by atoms with E-state index < -0.39 is 34.7 Å². The molecule has 4 rings (SSSR count). The van der Waals surface area contributed by atoms with E-state index in [-0.39, 0.29) is 35.6 Å². The van der Waals surface area contributed by atoms with Crippen LogP contribution in [0, 0.1) is 6.92 Å². The number of benzene rings is 2. The molecule has 1 aliphatic heterocycles. The number of aromatic hydroxyl groups is 1. The smallest absolute Gasteiger partial charge is 0.254 e. The normalized spacial score (nSPS) is 20.4. The maximum absolute atomic E-state index is 13.6. The van der Waals surface area contributed by atoms with Crippen LogP contribution < -0.4 is 10.6 Å². The minimum atomic E-state index is -1.57. The minimum Gasteiger partial charge on any atom is -0.508 e. The molecule has 1 saturated heterocycles. The van der Waals surface area contributed by atoms with Gasteiger partial charge in [-0.2, -0.15) is 0 Å². The number of phenolic OH excluding ortho intramolecular Hbond substituents is 1. The van der Waals surface area contributed by atoms with Crippen molar-refractivity contribution in [2.45, 2.75) is 69.0 Å². The van der Waals surface area contributed by atoms with E-state index in [9.17, 15) is 24.6 Å². The van der Waals surface area contributed by atoms with Crippen molar-refractivity contribution in [3.05, 3.63) is 65.2 Å². The molecule has 0 bridgehead atoms. The molecule has 192 valence electrons. The Morgan fingerprint density at radius 1 is 1.11 bits per heavy atom. The lowest BCUT2D eigenvalue weighted by molar-refractivity contribution is -0.147. The maximum Gasteiger partial charge on any atom is 0.254 e. The fourth-order valence-corrected chi connectivity index (χ4v) is 5.63. The lowest BCUT2D eigenvalue weighted by atomic mass is 9.96. The fourth-order valence-electron chi connectivity index (χ4n) is 4.49. The number of carbonyl (C=O) groups excluding carboxylic acids is 3. The molecule has 1 heterocycles. The predicted molar refractivity (Wildman–Crippen MR) is 139 cm³/mol. The Hall–Kier alpha value is -3.04. The molecular weight excluding hydrogens is 478 g/mol. The molecule has 0 unspecified atom stereocenters. The van der Waals surface area contributed by atoms with Crippen LogP contribution >= 0.6 is 11.8 Å². The number of nitrogens with one attached hydrogen (secondary N) is 2. The molecule has 2 aliphatic rings. The van der Waals surface area contributed by atoms with E-state index in [2.05, 4.69) is 10.6 Å². The van der Waals surface area contributed by atoms with E-state index in [0.29, 0.717) is 5.56 Å². The van der Waals surface area contributed by atoms with E-state index in [1.54, 1.807) is 19.1 Å². The highest BCUT2D eigenvalue weighted by Gasteiger charge is 2.50. The van der Waals surface area contributed by atoms with Gasteiger partial charge in [-0.15, -0.1) is 11.8 Å². The molecule has 0 spiro atoms. The van der Waals surface area contributed by atoms with Gasteiger partial charge >= 0.3 is 0 Å². The summed E-state index contributed by atoms with van der Waals surface area (Å²) in [4.78, 5) is 41.2. The van der Waals surface area contributed by atoms with Crippen molar-refractivity contribution in [2.24, 2.45) is 0 Å². The average molecular weight is 512 g/mol. The number of hydrogen-bond acceptors (Lipinski definition) is 6. The molecule has 2 aromatic carbocycles. The van der Waals surface area contributed by atoms with Crippen LogP contribution in [-0.2, 0) is 16.0 Å². The zero-order chi connectivity index (χ0) is 26.0. The summed E-state index contributed by atoms with van der Waals surface area (Å²) in [5.74, 6) is -1.07. The second kappa shape index (κ2) is 10.5. The van der Waals surface area contributed by atoms with Gasteiger partial charge in [0.2, 0.25) is 5.91 Å². The maximum atomic E-state index is 13.6. The number of aliphatic hydroxyl groups excluding tert-OH is 1. The third-order valence-corrected chi connectivity index (χ3v) is 8.17. The van der Waals surface area contributed by atoms with Gasteiger partial charge in [0.25, 0.3) is 11.8 Å². The quantitative estimate of drug-likeness (QED) is 0.432. The summed E-state index contributed by atoms with van der Waals surface area (Å²) in [6, 6.07) is 12.4. The molecule has 3 amide bonds. The van der Waals surface area contributed by atoms with Crippen LogP contribution in [0.1, 0.15) is 48.2 Å². The van der Waals surface area contributed by atoms with Crippen LogP contribution in [0.5, 0.6) is 5.75 Å². The van der Waals surface area contributed by atoms with Crippen molar-refractivity contribution >= 4 is 29.5 Å². The van der Waals surface area contributed by atoms with Crippen molar-refractivity contribution in [3.63, 3.8) is 0 Å². The summed E-state index contributed by atoms with van der Waals surface area (Å²) in [5, 5.41) is 27.1. The Bertz CT molecular complexity index is 1140. The van der Waals surface area contributed by atoms with Gasteiger partial charge in [-0.05, 0) is 57.7 Å². The van der Waals surface area contributed by atoms with Gasteiger partial charge in [-0.3, -0.25) is 14.4 Å². The third kappa shape index (κ3) is 5.68. The highest BCUT2D eigenvalue weighted by molar-refractivity contribution is 8.00. The highest BCUT2D eigenvalue weighted by Crippen LogP contribution is 2.40. The Morgan fingerprint density at radius 2 is 1.81 bits per heavy atom. The van der Waals surface area contributed by atoms with Crippen LogP contribution in [0.25, 0.3) is 0 Å². The molecule has 0 radical (unpaired) electrons. The molecule has 4 N–H and O–H groups in total. The molecular formula is C27H33N3O5S. The van der Waals surface area contributed by atoms with Gasteiger partial charge in [-0.25, -0.2) is 0 Å². The number of hydrogen-bond donors (Lipinski definition) is 4. The summed E-state index contributed by atoms with van der Waals surface area (Å²) < 4.78 is -0.523. The summed E-state index contributed by atoms with van der Waals surface area (Å²) in [5.41, 5.74) is 1.50. The standard InChI is InChI=1S/C27H33N3O5S/c1-16-19(10-7-11-21(16)31)24(33)29-20(14-17-8-5-4-6-9-17)22(32)26(35)30-15-36-27(2,3)23(30)25(34)28-18-12-13-18/h4-11,18,20,22-23,31-32H,12-15H2,1-3H3,(H,28,34)(H,29,33)/t20-,22-,23+/m0/s1. The average Bonchev–Trinajstić information content (AvgIpc) is 3.60. The number of thioether (sulfide) groups is 1. The van der Waals surface area contributed by atoms with Crippen molar-refractivity contribution in [2.75, 3.05) is 5.88 Å². The first-order valence-electron chi connectivity index (χ1n) is 12.1. The molecule has 1 aliphatic carbocycles. The van der Waals surface area contributed by atoms with E-state index in [4.69, 9.17) is 0 Å². The predicted octanol–water partition coefficient (Wildman–Crippen LogP) is 2.36. The Kier molecular flexibility index (Phi) is 7.61. The monoisotopic (exact) mass is 511 g/mol. The topological polar surface area (TPSA) is 119 Å². The summed E-state index contributed by atoms with van der Waals surface area (Å²) in [7, 11) is 0. The summed E-state index contributed by atoms with van der Waals surface area (Å²) >= 11 is 1.49. The molecule has 9 heteroatoms. The van der Waals surface area contributed by atoms with Crippen LogP contribution in [0.4, 0.5) is 0 Å². The van der Waals surface area contributed by atoms with Crippen LogP contribution in [-0.4, -0.2) is 67.7 Å². The first-order chi connectivity index (χ1) is 17.1. The van der Waals surface area contributed by atoms with Crippen molar-refractivity contribution in [3.8, 4) is 5.75 Å². The van der Waals surface area contributed by atoms with Gasteiger partial charge < -0.3 is 25.7 Å². The van der Waals surface area contributed by atoms with Crippen LogP contribution in [0.15, 0.2) is 48.5 Å². The Balaban J connectivity index is 1.58. The lowest BCUT2D eigenvalue weighted by Crippen LogP contribution is -2.59. The molecule has 36 heavy (non-hydrogen) atoms. The zero-order valence-electron chi connectivity index (χ0n) is 20.7. The van der Waals surface area contributed by atoms with Crippen LogP contribution in [0.3, 0.4) is 0 Å². The van der Waals surface area contributed by atoms with Gasteiger partial charge in [0.05, 0.1) is 11.9 Å². The first-order valence-corrected chi connectivity index (χ1v) is 13.1. The minimum absolute atomic E-state index is 0.0141. The largest absolute Gasteiger partial charge is 0.508 e. The number of amides is 3. The SMILES string of the molecule is Cc1c(O)cccc1C(=O)N[C@@H](Cc1ccccc1)[C@H](O)C(=O)N1CSC(C)(C)[C@H]1C(=O)NC1CC1. The third-order valence-electron chi connectivity index (χ3n) is 6.80. The van der Waals surface area contributed by atoms with Gasteiger partial charge in [0, 0.05) is 21.9 Å². The molecule has 0 aromatic heterocycles.